The zero-order chi connectivity index (χ0) is 18.1. The monoisotopic (exact) mass is 346 g/mol. The standard InChI is InChI=1S/C21H18N2O3/c1-2-17(24)23-19(15-11-7-4-8-12-15)22-20-18(21(23)25)16(13-26-20)14-9-5-3-6-10-14/h3-12,16H,2,13H2,1H3. The number of benzene rings is 2. The van der Waals surface area contributed by atoms with E-state index < -0.39 is 0 Å². The van der Waals surface area contributed by atoms with E-state index in [-0.39, 0.29) is 23.8 Å². The molecule has 1 unspecified atom stereocenters. The smallest absolute Gasteiger partial charge is 0.268 e. The molecule has 3 aromatic rings. The molecule has 1 aliphatic heterocycles. The maximum Gasteiger partial charge on any atom is 0.268 e. The zero-order valence-corrected chi connectivity index (χ0v) is 14.4. The SMILES string of the molecule is CCC(=O)n1c(-c2ccccc2)nc2c(c1=O)C(c1ccccc1)CO2. The van der Waals surface area contributed by atoms with Crippen LogP contribution in [0.3, 0.4) is 0 Å². The summed E-state index contributed by atoms with van der Waals surface area (Å²) in [4.78, 5) is 30.4. The topological polar surface area (TPSA) is 61.2 Å². The van der Waals surface area contributed by atoms with E-state index in [1.165, 1.54) is 4.57 Å². The van der Waals surface area contributed by atoms with Crippen LogP contribution in [0.2, 0.25) is 0 Å². The second-order valence-electron chi connectivity index (χ2n) is 6.18. The van der Waals surface area contributed by atoms with E-state index in [1.54, 1.807) is 6.92 Å². The molecule has 0 N–H and O–H groups in total. The molecule has 1 atom stereocenters. The van der Waals surface area contributed by atoms with Crippen molar-refractivity contribution in [2.24, 2.45) is 0 Å². The zero-order valence-electron chi connectivity index (χ0n) is 14.4. The van der Waals surface area contributed by atoms with E-state index in [0.717, 1.165) is 5.56 Å². The number of hydrogen-bond acceptors (Lipinski definition) is 4. The van der Waals surface area contributed by atoms with Gasteiger partial charge < -0.3 is 4.74 Å². The Hall–Kier alpha value is -3.21. The molecule has 0 amide bonds. The first-order chi connectivity index (χ1) is 12.7. The van der Waals surface area contributed by atoms with Crippen molar-refractivity contribution in [3.63, 3.8) is 0 Å². The van der Waals surface area contributed by atoms with E-state index in [1.807, 2.05) is 60.7 Å². The molecule has 2 heterocycles. The molecule has 0 saturated heterocycles. The van der Waals surface area contributed by atoms with Crippen molar-refractivity contribution in [3.8, 4) is 17.3 Å². The first-order valence-electron chi connectivity index (χ1n) is 8.64. The number of carbonyl (C=O) groups excluding carboxylic acids is 1. The molecule has 1 aromatic heterocycles. The third-order valence-corrected chi connectivity index (χ3v) is 4.60. The fraction of sp³-hybridized carbons (Fsp3) is 0.190. The highest BCUT2D eigenvalue weighted by atomic mass is 16.5. The van der Waals surface area contributed by atoms with Crippen LogP contribution in [0.25, 0.3) is 11.4 Å². The van der Waals surface area contributed by atoms with Gasteiger partial charge >= 0.3 is 0 Å². The second kappa shape index (κ2) is 6.59. The van der Waals surface area contributed by atoms with Crippen LogP contribution in [-0.4, -0.2) is 22.1 Å². The van der Waals surface area contributed by atoms with Crippen LogP contribution in [0.4, 0.5) is 0 Å². The molecule has 26 heavy (non-hydrogen) atoms. The third kappa shape index (κ3) is 2.62. The van der Waals surface area contributed by atoms with Crippen LogP contribution in [0, 0.1) is 0 Å². The van der Waals surface area contributed by atoms with E-state index in [0.29, 0.717) is 29.4 Å². The fourth-order valence-corrected chi connectivity index (χ4v) is 3.29. The van der Waals surface area contributed by atoms with Crippen LogP contribution < -0.4 is 10.3 Å². The number of carbonyl (C=O) groups is 1. The maximum atomic E-state index is 13.3. The van der Waals surface area contributed by atoms with Gasteiger partial charge in [-0.1, -0.05) is 67.6 Å². The molecule has 1 aliphatic rings. The molecular weight excluding hydrogens is 328 g/mol. The fourth-order valence-electron chi connectivity index (χ4n) is 3.29. The maximum absolute atomic E-state index is 13.3. The molecule has 4 rings (SSSR count). The van der Waals surface area contributed by atoms with Gasteiger partial charge in [0, 0.05) is 12.0 Å². The molecule has 2 aromatic carbocycles. The van der Waals surface area contributed by atoms with Crippen molar-refractivity contribution in [3.05, 3.63) is 82.1 Å². The number of aromatic nitrogens is 2. The molecule has 0 fully saturated rings. The summed E-state index contributed by atoms with van der Waals surface area (Å²) in [6.07, 6.45) is 0.219. The van der Waals surface area contributed by atoms with Gasteiger partial charge in [0.05, 0.1) is 11.5 Å². The summed E-state index contributed by atoms with van der Waals surface area (Å²) in [5.41, 5.74) is 1.80. The molecule has 5 heteroatoms. The van der Waals surface area contributed by atoms with Gasteiger partial charge in [0.15, 0.2) is 5.82 Å². The summed E-state index contributed by atoms with van der Waals surface area (Å²) in [6, 6.07) is 18.9. The highest BCUT2D eigenvalue weighted by Crippen LogP contribution is 2.35. The average Bonchev–Trinajstić information content (AvgIpc) is 3.13. The second-order valence-corrected chi connectivity index (χ2v) is 6.18. The minimum Gasteiger partial charge on any atom is -0.476 e. The Labute approximate surface area is 150 Å². The van der Waals surface area contributed by atoms with Crippen LogP contribution in [-0.2, 0) is 0 Å². The Bertz CT molecular complexity index is 1010. The summed E-state index contributed by atoms with van der Waals surface area (Å²) in [6.45, 7) is 2.09. The van der Waals surface area contributed by atoms with Gasteiger partial charge in [-0.2, -0.15) is 4.98 Å². The minimum atomic E-state index is -0.341. The molecule has 5 nitrogen and oxygen atoms in total. The van der Waals surface area contributed by atoms with Crippen molar-refractivity contribution in [1.82, 2.24) is 9.55 Å². The first kappa shape index (κ1) is 16.3. The predicted octanol–water partition coefficient (Wildman–Crippen LogP) is 3.48. The van der Waals surface area contributed by atoms with Gasteiger partial charge in [-0.15, -0.1) is 0 Å². The van der Waals surface area contributed by atoms with E-state index >= 15 is 0 Å². The summed E-state index contributed by atoms with van der Waals surface area (Å²) in [5, 5.41) is 0. The lowest BCUT2D eigenvalue weighted by Crippen LogP contribution is -2.31. The number of fused-ring (bicyclic) bond motifs is 1. The Balaban J connectivity index is 1.95. The van der Waals surface area contributed by atoms with Crippen LogP contribution in [0.5, 0.6) is 5.88 Å². The molecule has 0 saturated carbocycles. The number of nitrogens with zero attached hydrogens (tertiary/aromatic N) is 2. The summed E-state index contributed by atoms with van der Waals surface area (Å²) in [7, 11) is 0. The number of hydrogen-bond donors (Lipinski definition) is 0. The van der Waals surface area contributed by atoms with E-state index in [2.05, 4.69) is 4.98 Å². The lowest BCUT2D eigenvalue weighted by atomic mass is 9.95. The van der Waals surface area contributed by atoms with Crippen LogP contribution in [0.1, 0.15) is 35.2 Å². The Morgan fingerprint density at radius 1 is 1.12 bits per heavy atom. The van der Waals surface area contributed by atoms with Crippen LogP contribution in [0.15, 0.2) is 65.5 Å². The summed E-state index contributed by atoms with van der Waals surface area (Å²) in [5.74, 6) is 0.160. The lowest BCUT2D eigenvalue weighted by molar-refractivity contribution is 0.0905. The molecule has 0 radical (unpaired) electrons. The van der Waals surface area contributed by atoms with Crippen molar-refractivity contribution >= 4 is 5.91 Å². The van der Waals surface area contributed by atoms with E-state index in [4.69, 9.17) is 4.74 Å². The molecule has 130 valence electrons. The Morgan fingerprint density at radius 3 is 2.42 bits per heavy atom. The highest BCUT2D eigenvalue weighted by Gasteiger charge is 2.33. The normalized spacial score (nSPS) is 15.3. The number of ether oxygens (including phenoxy) is 1. The predicted molar refractivity (Wildman–Crippen MR) is 98.6 cm³/mol. The van der Waals surface area contributed by atoms with Gasteiger partial charge in [-0.3, -0.25) is 9.59 Å². The van der Waals surface area contributed by atoms with Crippen molar-refractivity contribution in [2.45, 2.75) is 19.3 Å². The van der Waals surface area contributed by atoms with Crippen LogP contribution >= 0.6 is 0 Å². The van der Waals surface area contributed by atoms with Gasteiger partial charge in [-0.05, 0) is 5.56 Å². The van der Waals surface area contributed by atoms with Crippen molar-refractivity contribution < 1.29 is 9.53 Å². The van der Waals surface area contributed by atoms with E-state index in [9.17, 15) is 9.59 Å². The van der Waals surface area contributed by atoms with Crippen molar-refractivity contribution in [2.75, 3.05) is 6.61 Å². The quantitative estimate of drug-likeness (QED) is 0.728. The minimum absolute atomic E-state index is 0.216. The molecule has 0 aliphatic carbocycles. The van der Waals surface area contributed by atoms with Gasteiger partial charge in [0.25, 0.3) is 5.56 Å². The number of rotatable bonds is 3. The van der Waals surface area contributed by atoms with Gasteiger partial charge in [-0.25, -0.2) is 4.57 Å². The molecule has 0 bridgehead atoms. The highest BCUT2D eigenvalue weighted by molar-refractivity contribution is 5.83. The third-order valence-electron chi connectivity index (χ3n) is 4.60. The lowest BCUT2D eigenvalue weighted by Gasteiger charge is -2.13. The molecular formula is C21H18N2O3. The van der Waals surface area contributed by atoms with Gasteiger partial charge in [0.1, 0.15) is 6.61 Å². The Kier molecular flexibility index (Phi) is 4.13. The molecule has 0 spiro atoms. The Morgan fingerprint density at radius 2 is 1.77 bits per heavy atom. The average molecular weight is 346 g/mol. The first-order valence-corrected chi connectivity index (χ1v) is 8.64. The largest absolute Gasteiger partial charge is 0.476 e. The van der Waals surface area contributed by atoms with Crippen molar-refractivity contribution in [1.29, 1.82) is 0 Å². The van der Waals surface area contributed by atoms with Gasteiger partial charge in [0.2, 0.25) is 11.8 Å². The summed E-state index contributed by atoms with van der Waals surface area (Å²) >= 11 is 0. The summed E-state index contributed by atoms with van der Waals surface area (Å²) < 4.78 is 6.93.